The number of nitrogens with zero attached hydrogens (tertiary/aromatic N) is 2. The number of carbonyl (C=O) groups excluding carboxylic acids is 2. The Hall–Kier alpha value is -1.46. The molecule has 1 aliphatic rings. The second-order valence-corrected chi connectivity index (χ2v) is 8.46. The van der Waals surface area contributed by atoms with E-state index in [1.54, 1.807) is 35.0 Å². The molecule has 0 bridgehead atoms. The van der Waals surface area contributed by atoms with Crippen LogP contribution in [0.1, 0.15) is 45.6 Å². The molecule has 2 rings (SSSR count). The van der Waals surface area contributed by atoms with Crippen molar-refractivity contribution in [3.05, 3.63) is 33.8 Å². The first kappa shape index (κ1) is 20.8. The molecule has 0 saturated carbocycles. The molecule has 144 valence electrons. The number of rotatable bonds is 3. The van der Waals surface area contributed by atoms with Crippen LogP contribution in [0.2, 0.25) is 10.0 Å². The molecule has 1 unspecified atom stereocenters. The number of amides is 2. The fourth-order valence-corrected chi connectivity index (χ4v) is 3.35. The van der Waals surface area contributed by atoms with Gasteiger partial charge in [0.15, 0.2) is 0 Å². The summed E-state index contributed by atoms with van der Waals surface area (Å²) in [5.74, 6) is -0.119. The van der Waals surface area contributed by atoms with Crippen LogP contribution in [0.5, 0.6) is 0 Å². The summed E-state index contributed by atoms with van der Waals surface area (Å²) in [6.45, 7) is 6.31. The molecule has 0 spiro atoms. The van der Waals surface area contributed by atoms with Crippen molar-refractivity contribution in [1.82, 2.24) is 9.80 Å². The topological polar surface area (TPSA) is 49.9 Å². The largest absolute Gasteiger partial charge is 0.444 e. The molecule has 0 aromatic heterocycles. The van der Waals surface area contributed by atoms with Gasteiger partial charge in [0.1, 0.15) is 11.6 Å². The summed E-state index contributed by atoms with van der Waals surface area (Å²) in [5.41, 5.74) is 0.178. The number of likely N-dealkylation sites (tertiary alicyclic amines) is 1. The molecule has 1 aromatic rings. The van der Waals surface area contributed by atoms with Crippen LogP contribution in [0.25, 0.3) is 0 Å². The second kappa shape index (κ2) is 8.49. The van der Waals surface area contributed by atoms with Crippen LogP contribution in [0.4, 0.5) is 4.79 Å². The monoisotopic (exact) mass is 400 g/mol. The van der Waals surface area contributed by atoms with Gasteiger partial charge in [0, 0.05) is 30.2 Å². The quantitative estimate of drug-likeness (QED) is 0.735. The lowest BCUT2D eigenvalue weighted by molar-refractivity contribution is -0.137. The Morgan fingerprint density at radius 3 is 2.62 bits per heavy atom. The van der Waals surface area contributed by atoms with Crippen molar-refractivity contribution in [3.63, 3.8) is 0 Å². The summed E-state index contributed by atoms with van der Waals surface area (Å²) in [6, 6.07) is 4.66. The molecule has 0 N–H and O–H groups in total. The predicted molar refractivity (Wildman–Crippen MR) is 104 cm³/mol. The smallest absolute Gasteiger partial charge is 0.410 e. The molecule has 0 radical (unpaired) electrons. The maximum Gasteiger partial charge on any atom is 0.410 e. The SMILES string of the molecule is CN(Cc1cc(Cl)ccc1Cl)C(=O)C1CCCCN1C(=O)OC(C)(C)C. The van der Waals surface area contributed by atoms with Gasteiger partial charge in [-0.3, -0.25) is 9.69 Å². The standard InChI is InChI=1S/C19H26Cl2N2O3/c1-19(2,3)26-18(25)23-10-6-5-7-16(23)17(24)22(4)12-13-11-14(20)8-9-15(13)21/h8-9,11,16H,5-7,10,12H2,1-4H3. The molecule has 1 aromatic carbocycles. The number of halogens is 2. The third-order valence-electron chi connectivity index (χ3n) is 4.21. The molecule has 0 aliphatic carbocycles. The van der Waals surface area contributed by atoms with Gasteiger partial charge in [-0.25, -0.2) is 4.79 Å². The van der Waals surface area contributed by atoms with Crippen molar-refractivity contribution in [1.29, 1.82) is 0 Å². The van der Waals surface area contributed by atoms with Gasteiger partial charge >= 0.3 is 6.09 Å². The zero-order chi connectivity index (χ0) is 19.5. The highest BCUT2D eigenvalue weighted by molar-refractivity contribution is 6.33. The van der Waals surface area contributed by atoms with E-state index in [9.17, 15) is 9.59 Å². The summed E-state index contributed by atoms with van der Waals surface area (Å²) in [5, 5.41) is 1.12. The molecule has 7 heteroatoms. The van der Waals surface area contributed by atoms with Gasteiger partial charge in [0.05, 0.1) is 0 Å². The number of hydrogen-bond donors (Lipinski definition) is 0. The summed E-state index contributed by atoms with van der Waals surface area (Å²) in [6.07, 6.45) is 1.96. The van der Waals surface area contributed by atoms with Crippen molar-refractivity contribution in [2.75, 3.05) is 13.6 Å². The van der Waals surface area contributed by atoms with Crippen molar-refractivity contribution in [2.24, 2.45) is 0 Å². The first-order valence-corrected chi connectivity index (χ1v) is 9.52. The number of carbonyl (C=O) groups is 2. The Balaban J connectivity index is 2.11. The van der Waals surface area contributed by atoms with E-state index in [-0.39, 0.29) is 5.91 Å². The van der Waals surface area contributed by atoms with Gasteiger partial charge in [-0.1, -0.05) is 23.2 Å². The van der Waals surface area contributed by atoms with Crippen LogP contribution in [-0.4, -0.2) is 47.0 Å². The van der Waals surface area contributed by atoms with E-state index in [1.807, 2.05) is 20.8 Å². The van der Waals surface area contributed by atoms with E-state index in [0.717, 1.165) is 18.4 Å². The lowest BCUT2D eigenvalue weighted by atomic mass is 10.0. The van der Waals surface area contributed by atoms with E-state index in [2.05, 4.69) is 0 Å². The highest BCUT2D eigenvalue weighted by atomic mass is 35.5. The molecule has 26 heavy (non-hydrogen) atoms. The van der Waals surface area contributed by atoms with E-state index >= 15 is 0 Å². The fraction of sp³-hybridized carbons (Fsp3) is 0.579. The number of hydrogen-bond acceptors (Lipinski definition) is 3. The Morgan fingerprint density at radius 1 is 1.27 bits per heavy atom. The highest BCUT2D eigenvalue weighted by Gasteiger charge is 2.36. The normalized spacial score (nSPS) is 17.8. The van der Waals surface area contributed by atoms with Gasteiger partial charge in [0.2, 0.25) is 5.91 Å². The average molecular weight is 401 g/mol. The van der Waals surface area contributed by atoms with Crippen LogP contribution in [0, 0.1) is 0 Å². The van der Waals surface area contributed by atoms with Gasteiger partial charge in [-0.05, 0) is 63.8 Å². The van der Waals surface area contributed by atoms with E-state index in [1.165, 1.54) is 0 Å². The van der Waals surface area contributed by atoms with Crippen LogP contribution in [-0.2, 0) is 16.1 Å². The summed E-state index contributed by atoms with van der Waals surface area (Å²) >= 11 is 12.2. The summed E-state index contributed by atoms with van der Waals surface area (Å²) in [7, 11) is 1.71. The molecule has 1 atom stereocenters. The minimum Gasteiger partial charge on any atom is -0.444 e. The Kier molecular flexibility index (Phi) is 6.80. The van der Waals surface area contributed by atoms with Gasteiger partial charge in [0.25, 0.3) is 0 Å². The van der Waals surface area contributed by atoms with Crippen molar-refractivity contribution in [3.8, 4) is 0 Å². The Bertz CT molecular complexity index is 673. The van der Waals surface area contributed by atoms with Crippen LogP contribution in [0.3, 0.4) is 0 Å². The van der Waals surface area contributed by atoms with Gasteiger partial charge < -0.3 is 9.64 Å². The van der Waals surface area contributed by atoms with Crippen molar-refractivity contribution in [2.45, 2.75) is 58.2 Å². The van der Waals surface area contributed by atoms with E-state index in [0.29, 0.717) is 29.6 Å². The van der Waals surface area contributed by atoms with Crippen molar-refractivity contribution >= 4 is 35.2 Å². The molecule has 5 nitrogen and oxygen atoms in total. The molecule has 1 saturated heterocycles. The molecule has 1 fully saturated rings. The minimum absolute atomic E-state index is 0.119. The zero-order valence-electron chi connectivity index (χ0n) is 15.7. The van der Waals surface area contributed by atoms with Crippen LogP contribution in [0.15, 0.2) is 18.2 Å². The Labute approximate surface area is 165 Å². The van der Waals surface area contributed by atoms with Crippen LogP contribution >= 0.6 is 23.2 Å². The fourth-order valence-electron chi connectivity index (χ4n) is 2.98. The molecular formula is C19H26Cl2N2O3. The predicted octanol–water partition coefficient (Wildman–Crippen LogP) is 4.74. The molecular weight excluding hydrogens is 375 g/mol. The zero-order valence-corrected chi connectivity index (χ0v) is 17.2. The maximum absolute atomic E-state index is 13.0. The lowest BCUT2D eigenvalue weighted by Crippen LogP contribution is -2.53. The maximum atomic E-state index is 13.0. The number of piperidine rings is 1. The molecule has 1 heterocycles. The third-order valence-corrected chi connectivity index (χ3v) is 4.81. The first-order valence-electron chi connectivity index (χ1n) is 8.77. The summed E-state index contributed by atoms with van der Waals surface area (Å²) in [4.78, 5) is 28.6. The number of ether oxygens (including phenoxy) is 1. The van der Waals surface area contributed by atoms with Crippen LogP contribution < -0.4 is 0 Å². The van der Waals surface area contributed by atoms with E-state index < -0.39 is 17.7 Å². The molecule has 2 amide bonds. The minimum atomic E-state index is -0.595. The molecule has 1 aliphatic heterocycles. The number of benzene rings is 1. The second-order valence-electron chi connectivity index (χ2n) is 7.62. The summed E-state index contributed by atoms with van der Waals surface area (Å²) < 4.78 is 5.47. The average Bonchev–Trinajstić information content (AvgIpc) is 2.56. The number of likely N-dealkylation sites (N-methyl/N-ethyl adjacent to an activating group) is 1. The highest BCUT2D eigenvalue weighted by Crippen LogP contribution is 2.25. The third kappa shape index (κ3) is 5.52. The van der Waals surface area contributed by atoms with Gasteiger partial charge in [-0.2, -0.15) is 0 Å². The van der Waals surface area contributed by atoms with Crippen molar-refractivity contribution < 1.29 is 14.3 Å². The Morgan fingerprint density at radius 2 is 1.96 bits per heavy atom. The first-order chi connectivity index (χ1) is 12.1. The van der Waals surface area contributed by atoms with Gasteiger partial charge in [-0.15, -0.1) is 0 Å². The lowest BCUT2D eigenvalue weighted by Gasteiger charge is -2.37. The van der Waals surface area contributed by atoms with E-state index in [4.69, 9.17) is 27.9 Å².